The van der Waals surface area contributed by atoms with E-state index in [0.717, 1.165) is 28.3 Å². The minimum atomic E-state index is -0.0464. The van der Waals surface area contributed by atoms with Crippen LogP contribution in [0.5, 0.6) is 5.75 Å². The molecule has 2 nitrogen and oxygen atoms in total. The van der Waals surface area contributed by atoms with Crippen molar-refractivity contribution >= 4 is 11.6 Å². The van der Waals surface area contributed by atoms with Gasteiger partial charge in [0.05, 0.1) is 12.5 Å². The molecule has 0 amide bonds. The molecule has 18 heavy (non-hydrogen) atoms. The van der Waals surface area contributed by atoms with Gasteiger partial charge in [-0.25, -0.2) is 0 Å². The summed E-state index contributed by atoms with van der Waals surface area (Å²) in [7, 11) is 0. The molecule has 0 aliphatic rings. The lowest BCUT2D eigenvalue weighted by Crippen LogP contribution is -2.15. The van der Waals surface area contributed by atoms with Crippen LogP contribution >= 0.6 is 11.6 Å². The van der Waals surface area contributed by atoms with Gasteiger partial charge in [0.25, 0.3) is 0 Å². The Morgan fingerprint density at radius 1 is 1.39 bits per heavy atom. The Labute approximate surface area is 115 Å². The van der Waals surface area contributed by atoms with Crippen molar-refractivity contribution < 1.29 is 4.74 Å². The highest BCUT2D eigenvalue weighted by Gasteiger charge is 2.13. The van der Waals surface area contributed by atoms with Crippen molar-refractivity contribution in [3.05, 3.63) is 28.3 Å². The topological polar surface area (TPSA) is 33.0 Å². The van der Waals surface area contributed by atoms with Gasteiger partial charge in [-0.05, 0) is 42.5 Å². The zero-order valence-corrected chi connectivity index (χ0v) is 12.2. The van der Waals surface area contributed by atoms with Crippen molar-refractivity contribution in [3.63, 3.8) is 0 Å². The highest BCUT2D eigenvalue weighted by molar-refractivity contribution is 6.31. The van der Waals surface area contributed by atoms with Gasteiger partial charge in [-0.3, -0.25) is 0 Å². The largest absolute Gasteiger partial charge is 0.489 e. The Bertz CT molecular complexity index is 449. The van der Waals surface area contributed by atoms with Gasteiger partial charge in [0.15, 0.2) is 0 Å². The summed E-state index contributed by atoms with van der Waals surface area (Å²) >= 11 is 6.22. The predicted molar refractivity (Wildman–Crippen MR) is 75.2 cm³/mol. The predicted octanol–water partition coefficient (Wildman–Crippen LogP) is 4.84. The van der Waals surface area contributed by atoms with Crippen molar-refractivity contribution in [1.82, 2.24) is 0 Å². The summed E-state index contributed by atoms with van der Waals surface area (Å²) < 4.78 is 5.90. The summed E-state index contributed by atoms with van der Waals surface area (Å²) in [5.74, 6) is 1.20. The molecular weight excluding hydrogens is 246 g/mol. The van der Waals surface area contributed by atoms with Gasteiger partial charge >= 0.3 is 0 Å². The number of benzene rings is 1. The lowest BCUT2D eigenvalue weighted by molar-refractivity contribution is 0.200. The van der Waals surface area contributed by atoms with Crippen LogP contribution in [0.25, 0.3) is 0 Å². The number of nitriles is 1. The average Bonchev–Trinajstić information content (AvgIpc) is 2.31. The van der Waals surface area contributed by atoms with Crippen LogP contribution in [-0.2, 0) is 0 Å². The lowest BCUT2D eigenvalue weighted by atomic mass is 10.0. The van der Waals surface area contributed by atoms with Gasteiger partial charge in [-0.1, -0.05) is 32.4 Å². The SMILES string of the molecule is CCC(CC#N)Oc1cc(C(C)C)c(Cl)cc1C. The quantitative estimate of drug-likeness (QED) is 0.763. The zero-order valence-electron chi connectivity index (χ0n) is 11.5. The second kappa shape index (κ2) is 6.66. The minimum Gasteiger partial charge on any atom is -0.489 e. The molecule has 0 bridgehead atoms. The summed E-state index contributed by atoms with van der Waals surface area (Å²) in [6.45, 7) is 8.21. The van der Waals surface area contributed by atoms with E-state index in [4.69, 9.17) is 21.6 Å². The smallest absolute Gasteiger partial charge is 0.123 e. The van der Waals surface area contributed by atoms with E-state index in [1.807, 2.05) is 26.0 Å². The van der Waals surface area contributed by atoms with Crippen molar-refractivity contribution in [2.45, 2.75) is 52.6 Å². The molecular formula is C15H20ClNO. The highest BCUT2D eigenvalue weighted by atomic mass is 35.5. The third-order valence-electron chi connectivity index (χ3n) is 2.98. The molecule has 0 radical (unpaired) electrons. The molecule has 3 heteroatoms. The van der Waals surface area contributed by atoms with Crippen LogP contribution in [-0.4, -0.2) is 6.10 Å². The summed E-state index contributed by atoms with van der Waals surface area (Å²) in [6.07, 6.45) is 1.19. The number of ether oxygens (including phenoxy) is 1. The Balaban J connectivity index is 3.02. The molecule has 0 aliphatic heterocycles. The zero-order chi connectivity index (χ0) is 13.7. The third-order valence-corrected chi connectivity index (χ3v) is 3.31. The Hall–Kier alpha value is -1.20. The van der Waals surface area contributed by atoms with Gasteiger partial charge in [0.1, 0.15) is 11.9 Å². The molecule has 0 heterocycles. The van der Waals surface area contributed by atoms with Gasteiger partial charge in [0, 0.05) is 5.02 Å². The van der Waals surface area contributed by atoms with E-state index in [1.54, 1.807) is 0 Å². The molecule has 0 aliphatic carbocycles. The van der Waals surface area contributed by atoms with E-state index in [9.17, 15) is 0 Å². The summed E-state index contributed by atoms with van der Waals surface area (Å²) in [4.78, 5) is 0. The standard InChI is InChI=1S/C15H20ClNO/c1-5-12(6-7-17)18-15-9-13(10(2)3)14(16)8-11(15)4/h8-10,12H,5-6H2,1-4H3. The Morgan fingerprint density at radius 3 is 2.56 bits per heavy atom. The number of hydrogen-bond acceptors (Lipinski definition) is 2. The van der Waals surface area contributed by atoms with Gasteiger partial charge in [0.2, 0.25) is 0 Å². The molecule has 98 valence electrons. The van der Waals surface area contributed by atoms with Crippen molar-refractivity contribution in [2.75, 3.05) is 0 Å². The molecule has 1 aromatic rings. The monoisotopic (exact) mass is 265 g/mol. The van der Waals surface area contributed by atoms with Crippen LogP contribution in [0.15, 0.2) is 12.1 Å². The van der Waals surface area contributed by atoms with Crippen LogP contribution in [0.3, 0.4) is 0 Å². The molecule has 0 saturated heterocycles. The molecule has 0 saturated carbocycles. The fourth-order valence-electron chi connectivity index (χ4n) is 1.79. The van der Waals surface area contributed by atoms with Crippen LogP contribution in [0, 0.1) is 18.3 Å². The first-order valence-electron chi connectivity index (χ1n) is 6.33. The van der Waals surface area contributed by atoms with Crippen LogP contribution in [0.4, 0.5) is 0 Å². The van der Waals surface area contributed by atoms with E-state index in [-0.39, 0.29) is 6.10 Å². The second-order valence-electron chi connectivity index (χ2n) is 4.80. The first-order chi connectivity index (χ1) is 8.49. The van der Waals surface area contributed by atoms with Crippen molar-refractivity contribution in [2.24, 2.45) is 0 Å². The number of rotatable bonds is 5. The number of aryl methyl sites for hydroxylation is 1. The molecule has 0 aromatic heterocycles. The number of hydrogen-bond donors (Lipinski definition) is 0. The van der Waals surface area contributed by atoms with Crippen molar-refractivity contribution in [3.8, 4) is 11.8 Å². The Morgan fingerprint density at radius 2 is 2.06 bits per heavy atom. The third kappa shape index (κ3) is 3.65. The first-order valence-corrected chi connectivity index (χ1v) is 6.71. The normalized spacial score (nSPS) is 12.3. The maximum atomic E-state index is 8.75. The van der Waals surface area contributed by atoms with E-state index < -0.39 is 0 Å². The van der Waals surface area contributed by atoms with Crippen LogP contribution in [0.1, 0.15) is 50.7 Å². The second-order valence-corrected chi connectivity index (χ2v) is 5.21. The van der Waals surface area contributed by atoms with E-state index in [2.05, 4.69) is 19.9 Å². The highest BCUT2D eigenvalue weighted by Crippen LogP contribution is 2.32. The van der Waals surface area contributed by atoms with Crippen LogP contribution < -0.4 is 4.74 Å². The molecule has 0 N–H and O–H groups in total. The summed E-state index contributed by atoms with van der Waals surface area (Å²) in [5.41, 5.74) is 2.10. The maximum absolute atomic E-state index is 8.75. The van der Waals surface area contributed by atoms with Crippen molar-refractivity contribution in [1.29, 1.82) is 5.26 Å². The fraction of sp³-hybridized carbons (Fsp3) is 0.533. The molecule has 0 fully saturated rings. The molecule has 1 aromatic carbocycles. The minimum absolute atomic E-state index is 0.0464. The van der Waals surface area contributed by atoms with Gasteiger partial charge in [-0.15, -0.1) is 0 Å². The summed E-state index contributed by atoms with van der Waals surface area (Å²) in [5, 5.41) is 9.53. The summed E-state index contributed by atoms with van der Waals surface area (Å²) in [6, 6.07) is 6.09. The van der Waals surface area contributed by atoms with Gasteiger partial charge < -0.3 is 4.74 Å². The number of halogens is 1. The molecule has 1 atom stereocenters. The maximum Gasteiger partial charge on any atom is 0.123 e. The van der Waals surface area contributed by atoms with Gasteiger partial charge in [-0.2, -0.15) is 5.26 Å². The fourth-order valence-corrected chi connectivity index (χ4v) is 2.23. The molecule has 0 spiro atoms. The van der Waals surface area contributed by atoms with Crippen LogP contribution in [0.2, 0.25) is 5.02 Å². The molecule has 1 unspecified atom stereocenters. The number of nitrogens with zero attached hydrogens (tertiary/aromatic N) is 1. The van der Waals surface area contributed by atoms with E-state index in [0.29, 0.717) is 12.3 Å². The van der Waals surface area contributed by atoms with E-state index >= 15 is 0 Å². The average molecular weight is 266 g/mol. The van der Waals surface area contributed by atoms with E-state index in [1.165, 1.54) is 0 Å². The Kier molecular flexibility index (Phi) is 5.50. The lowest BCUT2D eigenvalue weighted by Gasteiger charge is -2.19. The first kappa shape index (κ1) is 14.9. The molecule has 1 rings (SSSR count).